The number of anilines is 1. The molecular formula is C12H14ClN5O2. The second kappa shape index (κ2) is 5.48. The summed E-state index contributed by atoms with van der Waals surface area (Å²) in [5.74, 6) is 5.31. The van der Waals surface area contributed by atoms with E-state index in [4.69, 9.17) is 17.4 Å². The fraction of sp³-hybridized carbons (Fsp3) is 0.250. The Morgan fingerprint density at radius 1 is 1.50 bits per heavy atom. The van der Waals surface area contributed by atoms with Gasteiger partial charge in [0.15, 0.2) is 0 Å². The van der Waals surface area contributed by atoms with Gasteiger partial charge in [-0.2, -0.15) is 5.10 Å². The average Bonchev–Trinajstić information content (AvgIpc) is 2.66. The van der Waals surface area contributed by atoms with Crippen molar-refractivity contribution in [3.05, 3.63) is 50.3 Å². The monoisotopic (exact) mass is 295 g/mol. The Kier molecular flexibility index (Phi) is 3.91. The Hall–Kier alpha value is -2.12. The Morgan fingerprint density at radius 3 is 2.70 bits per heavy atom. The SMILES string of the molecule is Cc1nn(Cc2ccc([N+](=O)[O-])c(NN)c2)c(C)c1Cl. The van der Waals surface area contributed by atoms with E-state index in [-0.39, 0.29) is 11.4 Å². The predicted molar refractivity (Wildman–Crippen MR) is 76.7 cm³/mol. The zero-order valence-corrected chi connectivity index (χ0v) is 11.8. The summed E-state index contributed by atoms with van der Waals surface area (Å²) >= 11 is 6.08. The summed E-state index contributed by atoms with van der Waals surface area (Å²) in [6.07, 6.45) is 0. The molecule has 0 bridgehead atoms. The minimum atomic E-state index is -0.487. The van der Waals surface area contributed by atoms with Crippen molar-refractivity contribution in [2.75, 3.05) is 5.43 Å². The van der Waals surface area contributed by atoms with Crippen molar-refractivity contribution in [1.82, 2.24) is 9.78 Å². The van der Waals surface area contributed by atoms with Crippen LogP contribution in [0, 0.1) is 24.0 Å². The molecule has 0 atom stereocenters. The Balaban J connectivity index is 2.34. The molecule has 2 rings (SSSR count). The Bertz CT molecular complexity index is 668. The van der Waals surface area contributed by atoms with Crippen LogP contribution in [0.4, 0.5) is 11.4 Å². The third-order valence-electron chi connectivity index (χ3n) is 3.04. The summed E-state index contributed by atoms with van der Waals surface area (Å²) in [5.41, 5.74) is 4.98. The van der Waals surface area contributed by atoms with Gasteiger partial charge in [-0.1, -0.05) is 17.7 Å². The summed E-state index contributed by atoms with van der Waals surface area (Å²) in [5, 5.41) is 15.8. The smallest absolute Gasteiger partial charge is 0.293 e. The van der Waals surface area contributed by atoms with Crippen LogP contribution in [0.25, 0.3) is 0 Å². The average molecular weight is 296 g/mol. The van der Waals surface area contributed by atoms with Gasteiger partial charge in [0.2, 0.25) is 0 Å². The van der Waals surface area contributed by atoms with E-state index in [1.54, 1.807) is 16.8 Å². The quantitative estimate of drug-likeness (QED) is 0.512. The number of nitro benzene ring substituents is 1. The normalized spacial score (nSPS) is 10.6. The van der Waals surface area contributed by atoms with Gasteiger partial charge in [0.25, 0.3) is 5.69 Å². The van der Waals surface area contributed by atoms with Crippen LogP contribution in [-0.4, -0.2) is 14.7 Å². The van der Waals surface area contributed by atoms with Gasteiger partial charge in [-0.25, -0.2) is 0 Å². The van der Waals surface area contributed by atoms with Crippen LogP contribution in [0.5, 0.6) is 0 Å². The molecule has 0 spiro atoms. The summed E-state index contributed by atoms with van der Waals surface area (Å²) in [4.78, 5) is 10.3. The number of aromatic nitrogens is 2. The van der Waals surface area contributed by atoms with E-state index in [0.29, 0.717) is 11.6 Å². The lowest BCUT2D eigenvalue weighted by Crippen LogP contribution is -2.10. The highest BCUT2D eigenvalue weighted by Gasteiger charge is 2.15. The van der Waals surface area contributed by atoms with Crippen LogP contribution in [0.2, 0.25) is 5.02 Å². The number of hydrazine groups is 1. The summed E-state index contributed by atoms with van der Waals surface area (Å²) < 4.78 is 1.75. The van der Waals surface area contributed by atoms with Crippen molar-refractivity contribution in [1.29, 1.82) is 0 Å². The first-order chi connectivity index (χ1) is 9.43. The van der Waals surface area contributed by atoms with E-state index in [1.807, 2.05) is 13.8 Å². The lowest BCUT2D eigenvalue weighted by molar-refractivity contribution is -0.384. The number of nitrogen functional groups attached to an aromatic ring is 1. The van der Waals surface area contributed by atoms with Crippen molar-refractivity contribution in [3.8, 4) is 0 Å². The lowest BCUT2D eigenvalue weighted by atomic mass is 10.1. The second-order valence-electron chi connectivity index (χ2n) is 4.40. The van der Waals surface area contributed by atoms with E-state index in [1.165, 1.54) is 6.07 Å². The van der Waals surface area contributed by atoms with Gasteiger partial charge in [0.1, 0.15) is 5.69 Å². The fourth-order valence-corrected chi connectivity index (χ4v) is 2.09. The van der Waals surface area contributed by atoms with Crippen molar-refractivity contribution in [3.63, 3.8) is 0 Å². The molecule has 106 valence electrons. The molecule has 3 N–H and O–H groups in total. The van der Waals surface area contributed by atoms with Crippen LogP contribution in [-0.2, 0) is 6.54 Å². The Labute approximate surface area is 120 Å². The highest BCUT2D eigenvalue weighted by atomic mass is 35.5. The van der Waals surface area contributed by atoms with Crippen molar-refractivity contribution in [2.45, 2.75) is 20.4 Å². The first-order valence-electron chi connectivity index (χ1n) is 5.87. The molecule has 1 heterocycles. The van der Waals surface area contributed by atoms with Gasteiger partial charge >= 0.3 is 0 Å². The van der Waals surface area contributed by atoms with Gasteiger partial charge in [0.05, 0.1) is 27.9 Å². The number of hydrogen-bond donors (Lipinski definition) is 2. The number of halogens is 1. The van der Waals surface area contributed by atoms with Crippen molar-refractivity contribution < 1.29 is 4.92 Å². The van der Waals surface area contributed by atoms with Gasteiger partial charge in [-0.15, -0.1) is 0 Å². The summed E-state index contributed by atoms with van der Waals surface area (Å²) in [6.45, 7) is 4.16. The minimum Gasteiger partial charge on any atom is -0.318 e. The first-order valence-corrected chi connectivity index (χ1v) is 6.25. The number of rotatable bonds is 4. The lowest BCUT2D eigenvalue weighted by Gasteiger charge is -2.07. The molecule has 0 aliphatic carbocycles. The molecule has 0 amide bonds. The van der Waals surface area contributed by atoms with Gasteiger partial charge in [-0.05, 0) is 25.5 Å². The molecule has 0 unspecified atom stereocenters. The highest BCUT2D eigenvalue weighted by molar-refractivity contribution is 6.31. The van der Waals surface area contributed by atoms with E-state index < -0.39 is 4.92 Å². The third kappa shape index (κ3) is 2.59. The molecule has 1 aromatic carbocycles. The molecule has 20 heavy (non-hydrogen) atoms. The second-order valence-corrected chi connectivity index (χ2v) is 4.77. The number of nitrogens with one attached hydrogen (secondary N) is 1. The maximum absolute atomic E-state index is 10.8. The van der Waals surface area contributed by atoms with Crippen molar-refractivity contribution >= 4 is 23.0 Å². The first kappa shape index (κ1) is 14.3. The van der Waals surface area contributed by atoms with E-state index >= 15 is 0 Å². The van der Waals surface area contributed by atoms with E-state index in [2.05, 4.69) is 10.5 Å². The number of hydrogen-bond acceptors (Lipinski definition) is 5. The largest absolute Gasteiger partial charge is 0.318 e. The molecular weight excluding hydrogens is 282 g/mol. The molecule has 0 aliphatic rings. The van der Waals surface area contributed by atoms with Crippen LogP contribution in [0.1, 0.15) is 17.0 Å². The fourth-order valence-electron chi connectivity index (χ4n) is 1.96. The van der Waals surface area contributed by atoms with Gasteiger partial charge in [-0.3, -0.25) is 20.6 Å². The van der Waals surface area contributed by atoms with Crippen LogP contribution < -0.4 is 11.3 Å². The van der Waals surface area contributed by atoms with Crippen LogP contribution >= 0.6 is 11.6 Å². The molecule has 2 aromatic rings. The number of aryl methyl sites for hydroxylation is 1. The molecule has 0 fully saturated rings. The highest BCUT2D eigenvalue weighted by Crippen LogP contribution is 2.26. The summed E-state index contributed by atoms with van der Waals surface area (Å²) in [7, 11) is 0. The number of benzene rings is 1. The van der Waals surface area contributed by atoms with Gasteiger partial charge < -0.3 is 5.43 Å². The number of nitrogens with two attached hydrogens (primary N) is 1. The van der Waals surface area contributed by atoms with Gasteiger partial charge in [0, 0.05) is 6.07 Å². The maximum atomic E-state index is 10.8. The topological polar surface area (TPSA) is 99.0 Å². The van der Waals surface area contributed by atoms with Crippen molar-refractivity contribution in [2.24, 2.45) is 5.84 Å². The molecule has 0 saturated carbocycles. The minimum absolute atomic E-state index is 0.0670. The molecule has 0 aliphatic heterocycles. The zero-order valence-electron chi connectivity index (χ0n) is 11.1. The summed E-state index contributed by atoms with van der Waals surface area (Å²) in [6, 6.07) is 4.71. The molecule has 0 saturated heterocycles. The number of nitro groups is 1. The molecule has 8 heteroatoms. The van der Waals surface area contributed by atoms with E-state index in [9.17, 15) is 10.1 Å². The van der Waals surface area contributed by atoms with E-state index in [0.717, 1.165) is 17.0 Å². The molecule has 0 radical (unpaired) electrons. The standard InChI is InChI=1S/C12H14ClN5O2/c1-7-12(13)8(2)17(16-7)6-9-3-4-11(18(19)20)10(5-9)15-14/h3-5,15H,6,14H2,1-2H3. The molecule has 1 aromatic heterocycles. The third-order valence-corrected chi connectivity index (χ3v) is 3.59. The Morgan fingerprint density at radius 2 is 2.20 bits per heavy atom. The number of nitrogens with zero attached hydrogens (tertiary/aromatic N) is 3. The molecule has 7 nitrogen and oxygen atoms in total. The van der Waals surface area contributed by atoms with Crippen LogP contribution in [0.3, 0.4) is 0 Å². The zero-order chi connectivity index (χ0) is 14.9. The van der Waals surface area contributed by atoms with Crippen LogP contribution in [0.15, 0.2) is 18.2 Å². The maximum Gasteiger partial charge on any atom is 0.293 e. The predicted octanol–water partition coefficient (Wildman–Crippen LogP) is 2.40.